The fourth-order valence-electron chi connectivity index (χ4n) is 3.42. The number of carbonyl (C=O) groups excluding carboxylic acids is 1. The molecule has 1 saturated carbocycles. The van der Waals surface area contributed by atoms with Gasteiger partial charge in [0.2, 0.25) is 5.91 Å². The molecule has 0 aromatic heterocycles. The molecular weight excluding hydrogens is 511 g/mol. The van der Waals surface area contributed by atoms with Crippen LogP contribution in [0.1, 0.15) is 36.0 Å². The highest BCUT2D eigenvalue weighted by molar-refractivity contribution is 6.33. The summed E-state index contributed by atoms with van der Waals surface area (Å²) in [5, 5.41) is 3.18. The van der Waals surface area contributed by atoms with Crippen LogP contribution in [0, 0.1) is 5.92 Å². The number of hydrogen-bond acceptors (Lipinski definition) is 4. The number of nitrogens with one attached hydrogen (secondary N) is 2. The van der Waals surface area contributed by atoms with Gasteiger partial charge in [0, 0.05) is 28.5 Å². The summed E-state index contributed by atoms with van der Waals surface area (Å²) in [7, 11) is 0. The molecule has 0 spiro atoms. The average Bonchev–Trinajstić information content (AvgIpc) is 3.49. The third-order valence-electron chi connectivity index (χ3n) is 5.45. The Morgan fingerprint density at radius 1 is 1.06 bits per heavy atom. The number of alkyl halides is 6. The van der Waals surface area contributed by atoms with Crippen LogP contribution in [0.15, 0.2) is 41.6 Å². The first-order valence-corrected chi connectivity index (χ1v) is 10.6. The van der Waals surface area contributed by atoms with E-state index in [0.29, 0.717) is 12.1 Å². The smallest absolute Gasteiger partial charge is 0.374 e. The van der Waals surface area contributed by atoms with Crippen LogP contribution in [0.5, 0.6) is 0 Å². The molecule has 0 bridgehead atoms. The van der Waals surface area contributed by atoms with Crippen molar-refractivity contribution in [1.82, 2.24) is 5.43 Å². The molecule has 34 heavy (non-hydrogen) atoms. The molecule has 1 aliphatic heterocycles. The van der Waals surface area contributed by atoms with E-state index in [-0.39, 0.29) is 33.8 Å². The summed E-state index contributed by atoms with van der Waals surface area (Å²) < 4.78 is 82.2. The van der Waals surface area contributed by atoms with Crippen LogP contribution in [-0.4, -0.2) is 17.8 Å². The molecule has 1 aliphatic carbocycles. The first kappa shape index (κ1) is 24.5. The number of anilines is 1. The number of oxime groups is 1. The fourth-order valence-corrected chi connectivity index (χ4v) is 3.82. The van der Waals surface area contributed by atoms with E-state index in [9.17, 15) is 31.1 Å². The van der Waals surface area contributed by atoms with Gasteiger partial charge in [-0.05, 0) is 43.2 Å². The Morgan fingerprint density at radius 2 is 1.76 bits per heavy atom. The largest absolute Gasteiger partial charge is 0.435 e. The van der Waals surface area contributed by atoms with Crippen molar-refractivity contribution >= 4 is 40.5 Å². The number of rotatable bonds is 5. The van der Waals surface area contributed by atoms with E-state index < -0.39 is 40.5 Å². The Hall–Kier alpha value is -2.66. The van der Waals surface area contributed by atoms with Crippen LogP contribution >= 0.6 is 23.2 Å². The Kier molecular flexibility index (Phi) is 6.14. The highest BCUT2D eigenvalue weighted by Gasteiger charge is 2.62. The predicted molar refractivity (Wildman–Crippen MR) is 112 cm³/mol. The second-order valence-electron chi connectivity index (χ2n) is 7.94. The van der Waals surface area contributed by atoms with Gasteiger partial charge in [0.15, 0.2) is 0 Å². The zero-order valence-corrected chi connectivity index (χ0v) is 18.5. The van der Waals surface area contributed by atoms with Gasteiger partial charge >= 0.3 is 12.4 Å². The summed E-state index contributed by atoms with van der Waals surface area (Å²) in [6, 6.07) is 5.75. The number of carbonyl (C=O) groups is 1. The van der Waals surface area contributed by atoms with E-state index in [4.69, 9.17) is 28.0 Å². The molecule has 5 nitrogen and oxygen atoms in total. The Bertz CT molecular complexity index is 1160. The molecule has 2 aliphatic rings. The number of halogens is 8. The summed E-state index contributed by atoms with van der Waals surface area (Å²) >= 11 is 11.8. The van der Waals surface area contributed by atoms with Crippen molar-refractivity contribution in [2.45, 2.75) is 37.2 Å². The molecule has 0 unspecified atom stereocenters. The summed E-state index contributed by atoms with van der Waals surface area (Å²) in [5.74, 6) is -0.353. The molecule has 1 fully saturated rings. The SMILES string of the molecule is O=C(NNc1cc(C2=NO[C@@](c3cc(Cl)cc(C(F)(F)F)c3)(C(F)(F)F)C2)ccc1Cl)C1CC1. The van der Waals surface area contributed by atoms with Gasteiger partial charge in [-0.15, -0.1) is 0 Å². The predicted octanol–water partition coefficient (Wildman–Crippen LogP) is 6.45. The second kappa shape index (κ2) is 8.53. The molecule has 1 amide bonds. The van der Waals surface area contributed by atoms with Crippen molar-refractivity contribution in [2.24, 2.45) is 11.1 Å². The van der Waals surface area contributed by atoms with Crippen LogP contribution in [0.3, 0.4) is 0 Å². The Morgan fingerprint density at radius 3 is 2.38 bits per heavy atom. The maximum atomic E-state index is 14.2. The minimum atomic E-state index is -5.13. The number of hydrogen-bond donors (Lipinski definition) is 2. The van der Waals surface area contributed by atoms with Crippen molar-refractivity contribution < 1.29 is 36.0 Å². The lowest BCUT2D eigenvalue weighted by Gasteiger charge is -2.30. The molecule has 1 heterocycles. The second-order valence-corrected chi connectivity index (χ2v) is 8.78. The summed E-state index contributed by atoms with van der Waals surface area (Å²) in [6.45, 7) is 0. The van der Waals surface area contributed by atoms with Crippen molar-refractivity contribution in [2.75, 3.05) is 5.43 Å². The van der Waals surface area contributed by atoms with Crippen molar-refractivity contribution in [3.63, 3.8) is 0 Å². The van der Waals surface area contributed by atoms with Crippen LogP contribution in [-0.2, 0) is 21.4 Å². The van der Waals surface area contributed by atoms with Gasteiger partial charge < -0.3 is 4.84 Å². The van der Waals surface area contributed by atoms with Gasteiger partial charge in [0.25, 0.3) is 5.60 Å². The van der Waals surface area contributed by atoms with Crippen molar-refractivity contribution in [3.8, 4) is 0 Å². The number of hydrazine groups is 1. The van der Waals surface area contributed by atoms with E-state index in [2.05, 4.69) is 16.0 Å². The third-order valence-corrected chi connectivity index (χ3v) is 5.99. The van der Waals surface area contributed by atoms with Gasteiger partial charge in [0.1, 0.15) is 0 Å². The molecule has 2 aromatic rings. The molecular formula is C21H15Cl2F6N3O2. The van der Waals surface area contributed by atoms with E-state index in [1.165, 1.54) is 18.2 Å². The zero-order valence-electron chi connectivity index (χ0n) is 17.0. The third kappa shape index (κ3) is 4.76. The topological polar surface area (TPSA) is 62.7 Å². The Labute approximate surface area is 199 Å². The van der Waals surface area contributed by atoms with Crippen molar-refractivity contribution in [3.05, 3.63) is 63.1 Å². The first-order chi connectivity index (χ1) is 15.8. The molecule has 0 radical (unpaired) electrons. The van der Waals surface area contributed by atoms with E-state index >= 15 is 0 Å². The van der Waals surface area contributed by atoms with Gasteiger partial charge in [-0.1, -0.05) is 34.4 Å². The standard InChI is InChI=1S/C21H15Cl2F6N3O2/c22-14-7-12(6-13(8-14)20(24,25)26)19(21(27,28)29)9-17(32-34-19)11-3-4-15(23)16(5-11)30-31-18(33)10-1-2-10/h3-8,10,30H,1-2,9H2,(H,31,33)/t19-/m0/s1. The first-order valence-electron chi connectivity index (χ1n) is 9.86. The van der Waals surface area contributed by atoms with E-state index in [1.807, 2.05) is 0 Å². The van der Waals surface area contributed by atoms with Crippen LogP contribution in [0.2, 0.25) is 10.0 Å². The molecule has 1 atom stereocenters. The minimum absolute atomic E-state index is 0.103. The summed E-state index contributed by atoms with van der Waals surface area (Å²) in [5.41, 5.74) is -0.0921. The normalized spacial score (nSPS) is 20.5. The van der Waals surface area contributed by atoms with Crippen LogP contribution in [0.4, 0.5) is 32.0 Å². The lowest BCUT2D eigenvalue weighted by molar-refractivity contribution is -0.276. The highest BCUT2D eigenvalue weighted by Crippen LogP contribution is 2.50. The minimum Gasteiger partial charge on any atom is -0.374 e. The molecule has 2 aromatic carbocycles. The van der Waals surface area contributed by atoms with Gasteiger partial charge in [-0.25, -0.2) is 0 Å². The van der Waals surface area contributed by atoms with E-state index in [0.717, 1.165) is 18.9 Å². The summed E-state index contributed by atoms with van der Waals surface area (Å²) in [4.78, 5) is 16.6. The maximum absolute atomic E-state index is 14.2. The van der Waals surface area contributed by atoms with Gasteiger partial charge in [-0.2, -0.15) is 26.3 Å². The quantitative estimate of drug-likeness (QED) is 0.348. The number of nitrogens with zero attached hydrogens (tertiary/aromatic N) is 1. The highest BCUT2D eigenvalue weighted by atomic mass is 35.5. The summed E-state index contributed by atoms with van der Waals surface area (Å²) in [6.07, 6.45) is -9.44. The zero-order chi connectivity index (χ0) is 24.9. The van der Waals surface area contributed by atoms with Crippen LogP contribution in [0.25, 0.3) is 0 Å². The lowest BCUT2D eigenvalue weighted by Crippen LogP contribution is -2.43. The number of benzene rings is 2. The van der Waals surface area contributed by atoms with E-state index in [1.54, 1.807) is 0 Å². The maximum Gasteiger partial charge on any atom is 0.435 e. The average molecular weight is 526 g/mol. The molecule has 4 rings (SSSR count). The molecule has 2 N–H and O–H groups in total. The van der Waals surface area contributed by atoms with Gasteiger partial charge in [-0.3, -0.25) is 15.6 Å². The number of amides is 1. The van der Waals surface area contributed by atoms with Gasteiger partial charge in [0.05, 0.1) is 22.0 Å². The lowest BCUT2D eigenvalue weighted by atomic mass is 9.85. The fraction of sp³-hybridized carbons (Fsp3) is 0.333. The molecule has 182 valence electrons. The Balaban J connectivity index is 1.64. The van der Waals surface area contributed by atoms with Crippen molar-refractivity contribution in [1.29, 1.82) is 0 Å². The monoisotopic (exact) mass is 525 g/mol. The molecule has 13 heteroatoms. The molecule has 0 saturated heterocycles. The van der Waals surface area contributed by atoms with Crippen LogP contribution < -0.4 is 10.9 Å².